The average molecular weight is 704 g/mol. The van der Waals surface area contributed by atoms with E-state index in [1.165, 1.54) is 50.2 Å². The maximum Gasteiger partial charge on any atom is 0.485 e. The third kappa shape index (κ3) is 7.12. The number of hydrogen-bond acceptors (Lipinski definition) is 11. The number of imidazole rings is 1. The lowest BCUT2D eigenvalue weighted by molar-refractivity contribution is -0.0529. The minimum Gasteiger partial charge on any atom is -0.494 e. The van der Waals surface area contributed by atoms with Crippen LogP contribution in [0.4, 0.5) is 29.1 Å². The summed E-state index contributed by atoms with van der Waals surface area (Å²) in [6.07, 6.45) is 2.00. The Balaban J connectivity index is 1.38. The van der Waals surface area contributed by atoms with E-state index in [2.05, 4.69) is 30.0 Å². The molecule has 19 heteroatoms. The predicted octanol–water partition coefficient (Wildman–Crippen LogP) is 4.13. The summed E-state index contributed by atoms with van der Waals surface area (Å²) in [7, 11) is -3.31. The van der Waals surface area contributed by atoms with Crippen LogP contribution in [-0.2, 0) is 11.1 Å². The van der Waals surface area contributed by atoms with E-state index in [1.807, 2.05) is 0 Å². The number of piperidine rings is 1. The Morgan fingerprint density at radius 1 is 1.14 bits per heavy atom. The first-order valence-electron chi connectivity index (χ1n) is 14.8. The third-order valence-corrected chi connectivity index (χ3v) is 9.01. The Bertz CT molecular complexity index is 2030. The van der Waals surface area contributed by atoms with E-state index >= 15 is 4.39 Å². The Morgan fingerprint density at radius 2 is 1.96 bits per heavy atom. The summed E-state index contributed by atoms with van der Waals surface area (Å²) in [5.74, 6) is -2.00. The highest BCUT2D eigenvalue weighted by Crippen LogP contribution is 2.43. The van der Waals surface area contributed by atoms with Crippen molar-refractivity contribution < 1.29 is 41.4 Å². The van der Waals surface area contributed by atoms with Gasteiger partial charge in [-0.3, -0.25) is 19.9 Å². The van der Waals surface area contributed by atoms with Gasteiger partial charge >= 0.3 is 7.75 Å². The van der Waals surface area contributed by atoms with Gasteiger partial charge in [0.05, 0.1) is 49.3 Å². The maximum absolute atomic E-state index is 15.2. The topological polar surface area (TPSA) is 187 Å². The largest absolute Gasteiger partial charge is 0.494 e. The molecule has 0 saturated carbocycles. The molecule has 0 bridgehead atoms. The third-order valence-electron chi connectivity index (χ3n) is 8.06. The number of halogens is 4. The summed E-state index contributed by atoms with van der Waals surface area (Å²) < 4.78 is 81.4. The van der Waals surface area contributed by atoms with Gasteiger partial charge < -0.3 is 29.6 Å². The Labute approximate surface area is 276 Å². The van der Waals surface area contributed by atoms with Crippen LogP contribution >= 0.6 is 7.75 Å². The van der Waals surface area contributed by atoms with Crippen LogP contribution in [0.3, 0.4) is 0 Å². The van der Waals surface area contributed by atoms with Gasteiger partial charge in [-0.05, 0) is 42.7 Å². The fourth-order valence-corrected chi connectivity index (χ4v) is 6.57. The van der Waals surface area contributed by atoms with Crippen molar-refractivity contribution in [2.45, 2.75) is 37.5 Å². The number of nitrogens with zero attached hydrogens (tertiary/aromatic N) is 7. The molecule has 1 aliphatic rings. The van der Waals surface area contributed by atoms with Crippen molar-refractivity contribution in [1.82, 2.24) is 29.5 Å². The number of aromatic nitrogens is 6. The van der Waals surface area contributed by atoms with Gasteiger partial charge in [0.1, 0.15) is 24.0 Å². The zero-order chi connectivity index (χ0) is 34.9. The molecule has 1 unspecified atom stereocenters. The van der Waals surface area contributed by atoms with Gasteiger partial charge in [0.25, 0.3) is 6.43 Å². The first-order valence-corrected chi connectivity index (χ1v) is 16.3. The number of alkyl halides is 2. The predicted molar refractivity (Wildman–Crippen MR) is 169 cm³/mol. The summed E-state index contributed by atoms with van der Waals surface area (Å²) in [5.41, 5.74) is 5.74. The Morgan fingerprint density at radius 3 is 2.69 bits per heavy atom. The summed E-state index contributed by atoms with van der Waals surface area (Å²) in [4.78, 5) is 33.1. The Hall–Kier alpha value is -4.90. The molecule has 5 heterocycles. The molecule has 1 fully saturated rings. The molecule has 5 N–H and O–H groups in total. The standard InChI is InChI=1S/C30H30F4N9O5P/c1-47-24-10-20(31)19(9-21(24)32)22-8-17(23(12-37-22)42-7-3-5-30(35,14-42)26(44)27(33)34)13-43-16-40-25-28(38-15-39-29(25)43)41-49(45,46)48-18-4-2-6-36-11-18/h2,4,6,8-12,15-16,26-27,44H,3,5,7,13-14,35H2,1H3,(H2,38,39,41,45,46)/t26-,30-/m1/s1. The minimum absolute atomic E-state index is 0.0213. The minimum atomic E-state index is -4.51. The molecule has 5 aromatic rings. The van der Waals surface area contributed by atoms with Crippen molar-refractivity contribution in [3.05, 3.63) is 78.8 Å². The SMILES string of the molecule is COc1cc(F)c(-c2cc(Cn3cnc4c(NP(=O)(O)Oc5cccnc5)ncnc43)c(N3CCC[C@](N)([C@H](O)C(F)F)C3)cn2)cc1F. The lowest BCUT2D eigenvalue weighted by Crippen LogP contribution is -2.63. The zero-order valence-electron chi connectivity index (χ0n) is 25.7. The number of hydrogen-bond donors (Lipinski definition) is 4. The first-order chi connectivity index (χ1) is 23.4. The fourth-order valence-electron chi connectivity index (χ4n) is 5.70. The molecule has 1 saturated heterocycles. The number of ether oxygens (including phenoxy) is 1. The van der Waals surface area contributed by atoms with Crippen molar-refractivity contribution in [3.8, 4) is 22.8 Å². The first kappa shape index (κ1) is 34.0. The zero-order valence-corrected chi connectivity index (χ0v) is 26.6. The fraction of sp³-hybridized carbons (Fsp3) is 0.300. The smallest absolute Gasteiger partial charge is 0.485 e. The van der Waals surface area contributed by atoms with E-state index in [9.17, 15) is 27.7 Å². The molecule has 0 aliphatic carbocycles. The number of anilines is 2. The van der Waals surface area contributed by atoms with Crippen LogP contribution in [0.25, 0.3) is 22.4 Å². The molecule has 0 amide bonds. The van der Waals surface area contributed by atoms with E-state index in [4.69, 9.17) is 15.0 Å². The molecule has 3 atom stereocenters. The molecule has 1 aromatic carbocycles. The van der Waals surface area contributed by atoms with E-state index in [0.717, 1.165) is 18.5 Å². The van der Waals surface area contributed by atoms with Gasteiger partial charge in [0.15, 0.2) is 28.5 Å². The lowest BCUT2D eigenvalue weighted by Gasteiger charge is -2.44. The van der Waals surface area contributed by atoms with E-state index in [0.29, 0.717) is 24.2 Å². The molecule has 49 heavy (non-hydrogen) atoms. The second-order valence-electron chi connectivity index (χ2n) is 11.4. The molecule has 0 spiro atoms. The second-order valence-corrected chi connectivity index (χ2v) is 12.8. The average Bonchev–Trinajstić information content (AvgIpc) is 3.48. The van der Waals surface area contributed by atoms with Crippen LogP contribution in [-0.4, -0.2) is 77.8 Å². The van der Waals surface area contributed by atoms with E-state index in [-0.39, 0.29) is 59.2 Å². The van der Waals surface area contributed by atoms with Crippen molar-refractivity contribution in [3.63, 3.8) is 0 Å². The van der Waals surface area contributed by atoms with Crippen molar-refractivity contribution in [2.75, 3.05) is 30.2 Å². The number of nitrogens with two attached hydrogens (primary N) is 1. The van der Waals surface area contributed by atoms with Crippen LogP contribution in [0.5, 0.6) is 11.5 Å². The molecule has 4 aromatic heterocycles. The van der Waals surface area contributed by atoms with Crippen LogP contribution in [0.15, 0.2) is 61.6 Å². The summed E-state index contributed by atoms with van der Waals surface area (Å²) >= 11 is 0. The quantitative estimate of drug-likeness (QED) is 0.114. The van der Waals surface area contributed by atoms with Crippen LogP contribution in [0.1, 0.15) is 18.4 Å². The van der Waals surface area contributed by atoms with Crippen LogP contribution < -0.4 is 25.0 Å². The van der Waals surface area contributed by atoms with Gasteiger partial charge in [-0.1, -0.05) is 0 Å². The Kier molecular flexibility index (Phi) is 9.39. The number of aliphatic hydroxyl groups excluding tert-OH is 1. The monoisotopic (exact) mass is 703 g/mol. The summed E-state index contributed by atoms with van der Waals surface area (Å²) in [6, 6.07) is 6.32. The number of rotatable bonds is 11. The van der Waals surface area contributed by atoms with Crippen molar-refractivity contribution >= 4 is 30.4 Å². The highest BCUT2D eigenvalue weighted by atomic mass is 31.2. The van der Waals surface area contributed by atoms with Crippen molar-refractivity contribution in [2.24, 2.45) is 5.73 Å². The number of methoxy groups -OCH3 is 1. The van der Waals surface area contributed by atoms with Gasteiger partial charge in [-0.15, -0.1) is 0 Å². The van der Waals surface area contributed by atoms with Gasteiger partial charge in [0, 0.05) is 30.9 Å². The van der Waals surface area contributed by atoms with Gasteiger partial charge in [-0.25, -0.2) is 37.1 Å². The molecule has 14 nitrogen and oxygen atoms in total. The molecular weight excluding hydrogens is 673 g/mol. The molecule has 6 rings (SSSR count). The van der Waals surface area contributed by atoms with E-state index < -0.39 is 37.4 Å². The van der Waals surface area contributed by atoms with Crippen LogP contribution in [0, 0.1) is 11.6 Å². The maximum atomic E-state index is 15.2. The highest BCUT2D eigenvalue weighted by molar-refractivity contribution is 7.54. The summed E-state index contributed by atoms with van der Waals surface area (Å²) in [5, 5.41) is 12.6. The number of fused-ring (bicyclic) bond motifs is 1. The van der Waals surface area contributed by atoms with Crippen LogP contribution in [0.2, 0.25) is 0 Å². The van der Waals surface area contributed by atoms with Gasteiger partial charge in [0.2, 0.25) is 0 Å². The lowest BCUT2D eigenvalue weighted by atomic mass is 9.84. The van der Waals surface area contributed by atoms with Gasteiger partial charge in [-0.2, -0.15) is 0 Å². The number of aliphatic hydroxyl groups is 1. The van der Waals surface area contributed by atoms with Crippen molar-refractivity contribution in [1.29, 1.82) is 0 Å². The molecule has 0 radical (unpaired) electrons. The molecule has 258 valence electrons. The summed E-state index contributed by atoms with van der Waals surface area (Å²) in [6.45, 7) is 0.201. The normalized spacial score (nSPS) is 18.3. The van der Waals surface area contributed by atoms with E-state index in [1.54, 1.807) is 9.47 Å². The highest BCUT2D eigenvalue weighted by Gasteiger charge is 2.43. The number of benzene rings is 1. The number of nitrogens with one attached hydrogen (secondary N) is 1. The number of pyridine rings is 2. The second kappa shape index (κ2) is 13.5. The molecule has 1 aliphatic heterocycles. The molecular formula is C30H30F4N9O5P.